The van der Waals surface area contributed by atoms with Gasteiger partial charge in [0.05, 0.1) is 30.6 Å². The second-order valence-corrected chi connectivity index (χ2v) is 8.50. The maximum absolute atomic E-state index is 12.2. The highest BCUT2D eigenvalue weighted by atomic mass is 79.9. The molecular formula is C24H25BrN4O4. The van der Waals surface area contributed by atoms with Gasteiger partial charge >= 0.3 is 6.01 Å². The van der Waals surface area contributed by atoms with Gasteiger partial charge in [0.1, 0.15) is 0 Å². The topological polar surface area (TPSA) is 85.8 Å². The number of ether oxygens (including phenoxy) is 3. The molecular weight excluding hydrogens is 488 g/mol. The van der Waals surface area contributed by atoms with Crippen molar-refractivity contribution in [3.8, 4) is 23.3 Å². The maximum Gasteiger partial charge on any atom is 0.324 e. The first-order valence-electron chi connectivity index (χ1n) is 10.5. The van der Waals surface area contributed by atoms with E-state index in [2.05, 4.69) is 31.2 Å². The Hall–Kier alpha value is -3.33. The molecule has 2 aromatic carbocycles. The van der Waals surface area contributed by atoms with Crippen LogP contribution >= 0.6 is 15.9 Å². The van der Waals surface area contributed by atoms with Gasteiger partial charge in [0.15, 0.2) is 23.1 Å². The Bertz CT molecular complexity index is 1200. The summed E-state index contributed by atoms with van der Waals surface area (Å²) in [7, 11) is 3.20. The number of amides is 1. The van der Waals surface area contributed by atoms with E-state index in [-0.39, 0.29) is 11.9 Å². The zero-order valence-electron chi connectivity index (χ0n) is 18.9. The monoisotopic (exact) mass is 512 g/mol. The van der Waals surface area contributed by atoms with Gasteiger partial charge < -0.3 is 24.4 Å². The van der Waals surface area contributed by atoms with Crippen molar-refractivity contribution in [3.05, 3.63) is 52.1 Å². The minimum atomic E-state index is -0.0186. The maximum atomic E-state index is 12.2. The molecule has 172 valence electrons. The van der Waals surface area contributed by atoms with E-state index in [1.165, 1.54) is 0 Å². The third kappa shape index (κ3) is 4.73. The zero-order valence-corrected chi connectivity index (χ0v) is 20.5. The molecule has 0 aliphatic carbocycles. The van der Waals surface area contributed by atoms with Crippen LogP contribution in [0.15, 0.2) is 41.0 Å². The quantitative estimate of drug-likeness (QED) is 0.473. The summed E-state index contributed by atoms with van der Waals surface area (Å²) in [5.74, 6) is 2.35. The van der Waals surface area contributed by atoms with Crippen molar-refractivity contribution in [1.29, 1.82) is 0 Å². The predicted octanol–water partition coefficient (Wildman–Crippen LogP) is 5.40. The van der Waals surface area contributed by atoms with Crippen LogP contribution in [0.1, 0.15) is 24.5 Å². The highest BCUT2D eigenvalue weighted by Gasteiger charge is 2.24. The lowest BCUT2D eigenvalue weighted by Crippen LogP contribution is -2.33. The number of para-hydroxylation sites is 1. The highest BCUT2D eigenvalue weighted by Crippen LogP contribution is 2.39. The number of aromatic nitrogens is 2. The minimum absolute atomic E-state index is 0.0186. The number of nitrogens with one attached hydrogen (secondary N) is 1. The third-order valence-electron chi connectivity index (χ3n) is 5.41. The first-order chi connectivity index (χ1) is 15.9. The summed E-state index contributed by atoms with van der Waals surface area (Å²) in [5, 5.41) is 3.28. The Morgan fingerprint density at radius 1 is 1.18 bits per heavy atom. The van der Waals surface area contributed by atoms with E-state index < -0.39 is 0 Å². The number of nitrogens with zero attached hydrogens (tertiary/aromatic N) is 3. The first kappa shape index (κ1) is 22.8. The molecule has 1 aliphatic heterocycles. The molecule has 1 N–H and O–H groups in total. The number of aryl methyl sites for hydroxylation is 2. The molecule has 3 aromatic rings. The number of methoxy groups -OCH3 is 2. The Labute approximate surface area is 201 Å². The lowest BCUT2D eigenvalue weighted by Gasteiger charge is -2.30. The molecule has 33 heavy (non-hydrogen) atoms. The molecule has 0 atom stereocenters. The van der Waals surface area contributed by atoms with E-state index in [0.717, 1.165) is 35.3 Å². The number of carbonyl (C=O) groups is 1. The summed E-state index contributed by atoms with van der Waals surface area (Å²) >= 11 is 3.49. The average molecular weight is 513 g/mol. The molecule has 0 saturated heterocycles. The van der Waals surface area contributed by atoms with E-state index in [1.54, 1.807) is 32.2 Å². The summed E-state index contributed by atoms with van der Waals surface area (Å²) in [4.78, 5) is 22.8. The molecule has 0 unspecified atom stereocenters. The van der Waals surface area contributed by atoms with Crippen LogP contribution in [0.3, 0.4) is 0 Å². The van der Waals surface area contributed by atoms with Crippen LogP contribution in [0.25, 0.3) is 0 Å². The Morgan fingerprint density at radius 3 is 2.73 bits per heavy atom. The Balaban J connectivity index is 1.65. The molecule has 1 aliphatic rings. The van der Waals surface area contributed by atoms with Crippen molar-refractivity contribution in [2.45, 2.75) is 26.7 Å². The molecule has 1 aromatic heterocycles. The van der Waals surface area contributed by atoms with E-state index >= 15 is 0 Å². The molecule has 0 spiro atoms. The van der Waals surface area contributed by atoms with Gasteiger partial charge in [-0.05, 0) is 59.0 Å². The molecule has 1 amide bonds. The Kier molecular flexibility index (Phi) is 6.69. The number of fused-ring (bicyclic) bond motifs is 1. The van der Waals surface area contributed by atoms with Crippen LogP contribution in [0, 0.1) is 6.92 Å². The van der Waals surface area contributed by atoms with Crippen molar-refractivity contribution in [2.75, 3.05) is 31.0 Å². The van der Waals surface area contributed by atoms with E-state index in [1.807, 2.05) is 37.3 Å². The van der Waals surface area contributed by atoms with E-state index in [4.69, 9.17) is 14.2 Å². The summed E-state index contributed by atoms with van der Waals surface area (Å²) < 4.78 is 17.6. The minimum Gasteiger partial charge on any atom is -0.493 e. The van der Waals surface area contributed by atoms with Crippen molar-refractivity contribution < 1.29 is 19.0 Å². The van der Waals surface area contributed by atoms with Gasteiger partial charge in [-0.15, -0.1) is 0 Å². The van der Waals surface area contributed by atoms with Gasteiger partial charge in [0.25, 0.3) is 0 Å². The number of rotatable bonds is 6. The van der Waals surface area contributed by atoms with Crippen LogP contribution in [-0.4, -0.2) is 36.6 Å². The zero-order chi connectivity index (χ0) is 23.5. The molecule has 9 heteroatoms. The lowest BCUT2D eigenvalue weighted by molar-refractivity contribution is -0.116. The fourth-order valence-electron chi connectivity index (χ4n) is 3.96. The molecule has 0 fully saturated rings. The predicted molar refractivity (Wildman–Crippen MR) is 130 cm³/mol. The number of hydrogen-bond donors (Lipinski definition) is 1. The van der Waals surface area contributed by atoms with Gasteiger partial charge in [-0.25, -0.2) is 4.98 Å². The number of carbonyl (C=O) groups excluding carboxylic acids is 1. The van der Waals surface area contributed by atoms with E-state index in [0.29, 0.717) is 34.1 Å². The van der Waals surface area contributed by atoms with Gasteiger partial charge in [0.2, 0.25) is 5.91 Å². The number of anilines is 3. The standard InChI is InChI=1S/C24H25BrN4O4/c1-14-11-17(12-20(31-3)22(14)32-4)27-23-18(25)13-26-24(28-23)33-19-9-5-7-16-8-6-10-29(15(2)30)21(16)19/h5,7,9,11-13H,6,8,10H2,1-4H3,(H,26,27,28). The van der Waals surface area contributed by atoms with Crippen LogP contribution in [0.2, 0.25) is 0 Å². The normalized spacial score (nSPS) is 12.7. The molecule has 0 radical (unpaired) electrons. The van der Waals surface area contributed by atoms with Crippen LogP contribution < -0.4 is 24.4 Å². The number of benzene rings is 2. The average Bonchev–Trinajstić information content (AvgIpc) is 2.80. The highest BCUT2D eigenvalue weighted by molar-refractivity contribution is 9.10. The van der Waals surface area contributed by atoms with Gasteiger partial charge in [-0.2, -0.15) is 4.98 Å². The van der Waals surface area contributed by atoms with Crippen LogP contribution in [-0.2, 0) is 11.2 Å². The molecule has 0 bridgehead atoms. The lowest BCUT2D eigenvalue weighted by atomic mass is 10.0. The second-order valence-electron chi connectivity index (χ2n) is 7.64. The SMILES string of the molecule is COc1cc(Nc2nc(Oc3cccc4c3N(C(C)=O)CCC4)ncc2Br)cc(C)c1OC. The fraction of sp³-hybridized carbons (Fsp3) is 0.292. The van der Waals surface area contributed by atoms with Crippen LogP contribution in [0.4, 0.5) is 17.2 Å². The van der Waals surface area contributed by atoms with Gasteiger partial charge in [0, 0.05) is 25.2 Å². The second kappa shape index (κ2) is 9.66. The van der Waals surface area contributed by atoms with Crippen molar-refractivity contribution >= 4 is 39.0 Å². The molecule has 4 rings (SSSR count). The van der Waals surface area contributed by atoms with Crippen molar-refractivity contribution in [2.24, 2.45) is 0 Å². The van der Waals surface area contributed by atoms with Crippen molar-refractivity contribution in [1.82, 2.24) is 9.97 Å². The fourth-order valence-corrected chi connectivity index (χ4v) is 4.25. The Morgan fingerprint density at radius 2 is 2.00 bits per heavy atom. The first-order valence-corrected chi connectivity index (χ1v) is 11.3. The number of hydrogen-bond acceptors (Lipinski definition) is 7. The summed E-state index contributed by atoms with van der Waals surface area (Å²) in [5.41, 5.74) is 3.55. The van der Waals surface area contributed by atoms with Crippen molar-refractivity contribution in [3.63, 3.8) is 0 Å². The number of halogens is 1. The van der Waals surface area contributed by atoms with E-state index in [9.17, 15) is 4.79 Å². The largest absolute Gasteiger partial charge is 0.493 e. The summed E-state index contributed by atoms with van der Waals surface area (Å²) in [6.07, 6.45) is 3.43. The smallest absolute Gasteiger partial charge is 0.324 e. The molecule has 8 nitrogen and oxygen atoms in total. The molecule has 2 heterocycles. The van der Waals surface area contributed by atoms with Gasteiger partial charge in [-0.1, -0.05) is 12.1 Å². The summed E-state index contributed by atoms with van der Waals surface area (Å²) in [6, 6.07) is 9.71. The molecule has 0 saturated carbocycles. The van der Waals surface area contributed by atoms with Gasteiger partial charge in [-0.3, -0.25) is 4.79 Å². The van der Waals surface area contributed by atoms with Crippen LogP contribution in [0.5, 0.6) is 23.3 Å². The summed E-state index contributed by atoms with van der Waals surface area (Å²) in [6.45, 7) is 4.17. The third-order valence-corrected chi connectivity index (χ3v) is 5.99.